The SMILES string of the molecule is COc1cc(C)ccc1Oc1ccc(NC(=O)c2cc(-c3c(C)nn(C)c3C)n[nH]2)cn1. The first-order valence-corrected chi connectivity index (χ1v) is 10.0. The summed E-state index contributed by atoms with van der Waals surface area (Å²) in [6.07, 6.45) is 1.53. The number of carbonyl (C=O) groups excluding carboxylic acids is 1. The number of nitrogens with zero attached hydrogens (tertiary/aromatic N) is 4. The highest BCUT2D eigenvalue weighted by atomic mass is 16.5. The van der Waals surface area contributed by atoms with Crippen LogP contribution in [0, 0.1) is 20.8 Å². The van der Waals surface area contributed by atoms with Crippen LogP contribution in [0.2, 0.25) is 0 Å². The minimum Gasteiger partial charge on any atom is -0.493 e. The third-order valence-electron chi connectivity index (χ3n) is 5.12. The first-order valence-electron chi connectivity index (χ1n) is 10.0. The van der Waals surface area contributed by atoms with Crippen molar-refractivity contribution in [3.63, 3.8) is 0 Å². The molecule has 0 saturated heterocycles. The summed E-state index contributed by atoms with van der Waals surface area (Å²) in [7, 11) is 3.47. The van der Waals surface area contributed by atoms with Gasteiger partial charge in [0.2, 0.25) is 5.88 Å². The average molecular weight is 432 g/mol. The minimum atomic E-state index is -0.321. The smallest absolute Gasteiger partial charge is 0.273 e. The third kappa shape index (κ3) is 4.18. The molecule has 3 heterocycles. The monoisotopic (exact) mass is 432 g/mol. The maximum absolute atomic E-state index is 12.6. The Morgan fingerprint density at radius 1 is 1.09 bits per heavy atom. The molecular formula is C23H24N6O3. The number of hydrogen-bond acceptors (Lipinski definition) is 6. The number of methoxy groups -OCH3 is 1. The van der Waals surface area contributed by atoms with Crippen LogP contribution in [0.3, 0.4) is 0 Å². The quantitative estimate of drug-likeness (QED) is 0.473. The predicted octanol–water partition coefficient (Wildman–Crippen LogP) is 4.18. The molecule has 4 rings (SSSR count). The zero-order valence-electron chi connectivity index (χ0n) is 18.6. The van der Waals surface area contributed by atoms with E-state index in [0.29, 0.717) is 34.5 Å². The zero-order valence-corrected chi connectivity index (χ0v) is 18.6. The number of ether oxygens (including phenoxy) is 2. The summed E-state index contributed by atoms with van der Waals surface area (Å²) in [5.41, 5.74) is 5.36. The molecule has 9 nitrogen and oxygen atoms in total. The van der Waals surface area contributed by atoms with Crippen LogP contribution in [0.25, 0.3) is 11.3 Å². The Morgan fingerprint density at radius 3 is 2.56 bits per heavy atom. The largest absolute Gasteiger partial charge is 0.493 e. The van der Waals surface area contributed by atoms with Gasteiger partial charge in [0.15, 0.2) is 11.5 Å². The molecule has 9 heteroatoms. The number of aryl methyl sites for hydroxylation is 3. The molecule has 0 atom stereocenters. The molecule has 2 N–H and O–H groups in total. The van der Waals surface area contributed by atoms with Crippen LogP contribution >= 0.6 is 0 Å². The maximum atomic E-state index is 12.6. The van der Waals surface area contributed by atoms with Gasteiger partial charge in [0.25, 0.3) is 5.91 Å². The van der Waals surface area contributed by atoms with Crippen molar-refractivity contribution in [3.05, 3.63) is 65.2 Å². The molecule has 1 amide bonds. The van der Waals surface area contributed by atoms with E-state index in [1.54, 1.807) is 30.0 Å². The Labute approximate surface area is 185 Å². The highest BCUT2D eigenvalue weighted by molar-refractivity contribution is 6.03. The minimum absolute atomic E-state index is 0.321. The lowest BCUT2D eigenvalue weighted by Crippen LogP contribution is -2.12. The van der Waals surface area contributed by atoms with E-state index in [4.69, 9.17) is 9.47 Å². The lowest BCUT2D eigenvalue weighted by atomic mass is 10.1. The second-order valence-corrected chi connectivity index (χ2v) is 7.43. The van der Waals surface area contributed by atoms with E-state index in [-0.39, 0.29) is 5.91 Å². The highest BCUT2D eigenvalue weighted by Crippen LogP contribution is 2.31. The van der Waals surface area contributed by atoms with Gasteiger partial charge in [-0.1, -0.05) is 6.07 Å². The molecule has 0 saturated carbocycles. The van der Waals surface area contributed by atoms with Gasteiger partial charge in [-0.3, -0.25) is 14.6 Å². The van der Waals surface area contributed by atoms with Crippen LogP contribution in [-0.2, 0) is 7.05 Å². The van der Waals surface area contributed by atoms with E-state index in [2.05, 4.69) is 25.6 Å². The van der Waals surface area contributed by atoms with Gasteiger partial charge in [0.05, 0.1) is 30.4 Å². The molecule has 0 unspecified atom stereocenters. The van der Waals surface area contributed by atoms with Crippen molar-refractivity contribution in [1.29, 1.82) is 0 Å². The first-order chi connectivity index (χ1) is 15.4. The van der Waals surface area contributed by atoms with Crippen molar-refractivity contribution in [2.45, 2.75) is 20.8 Å². The standard InChI is InChI=1S/C23H24N6O3/c1-13-6-8-19(20(10-13)31-5)32-21-9-7-16(12-24-21)25-23(30)18-11-17(26-27-18)22-14(2)28-29(4)15(22)3/h6-12H,1-5H3,(H,25,30)(H,26,27). The van der Waals surface area contributed by atoms with Crippen LogP contribution < -0.4 is 14.8 Å². The molecular weight excluding hydrogens is 408 g/mol. The first kappa shape index (κ1) is 21.1. The summed E-state index contributed by atoms with van der Waals surface area (Å²) < 4.78 is 12.9. The van der Waals surface area contributed by atoms with Crippen LogP contribution in [0.5, 0.6) is 17.4 Å². The Morgan fingerprint density at radius 2 is 1.91 bits per heavy atom. The molecule has 3 aromatic heterocycles. The molecule has 0 spiro atoms. The average Bonchev–Trinajstić information content (AvgIpc) is 3.35. The molecule has 0 bridgehead atoms. The van der Waals surface area contributed by atoms with E-state index in [0.717, 1.165) is 22.5 Å². The fourth-order valence-electron chi connectivity index (χ4n) is 3.40. The summed E-state index contributed by atoms with van der Waals surface area (Å²) in [5, 5.41) is 14.3. The number of hydrogen-bond donors (Lipinski definition) is 2. The van der Waals surface area contributed by atoms with Crippen LogP contribution in [0.4, 0.5) is 5.69 Å². The summed E-state index contributed by atoms with van der Waals surface area (Å²) in [6.45, 7) is 5.85. The van der Waals surface area contributed by atoms with E-state index < -0.39 is 0 Å². The highest BCUT2D eigenvalue weighted by Gasteiger charge is 2.17. The van der Waals surface area contributed by atoms with Crippen LogP contribution in [0.15, 0.2) is 42.6 Å². The predicted molar refractivity (Wildman–Crippen MR) is 120 cm³/mol. The lowest BCUT2D eigenvalue weighted by molar-refractivity contribution is 0.102. The number of H-pyrrole nitrogens is 1. The van der Waals surface area contributed by atoms with E-state index in [1.807, 2.05) is 46.0 Å². The second-order valence-electron chi connectivity index (χ2n) is 7.43. The number of pyridine rings is 1. The summed E-state index contributed by atoms with van der Waals surface area (Å²) in [4.78, 5) is 16.9. The number of nitrogens with one attached hydrogen (secondary N) is 2. The molecule has 4 aromatic rings. The number of aromatic nitrogens is 5. The number of anilines is 1. The zero-order chi connectivity index (χ0) is 22.8. The molecule has 0 aliphatic rings. The van der Waals surface area contributed by atoms with Crippen molar-refractivity contribution in [2.24, 2.45) is 7.05 Å². The topological polar surface area (TPSA) is 107 Å². The molecule has 0 aliphatic heterocycles. The van der Waals surface area contributed by atoms with Crippen molar-refractivity contribution in [2.75, 3.05) is 12.4 Å². The van der Waals surface area contributed by atoms with E-state index >= 15 is 0 Å². The van der Waals surface area contributed by atoms with Crippen LogP contribution in [-0.4, -0.2) is 38.0 Å². The number of amides is 1. The Bertz CT molecular complexity index is 1270. The normalized spacial score (nSPS) is 10.8. The number of rotatable bonds is 6. The Kier molecular flexibility index (Phi) is 5.63. The molecule has 0 aliphatic carbocycles. The molecule has 1 aromatic carbocycles. The second kappa shape index (κ2) is 8.54. The Balaban J connectivity index is 1.45. The number of carbonyl (C=O) groups is 1. The van der Waals surface area contributed by atoms with Gasteiger partial charge in [0, 0.05) is 24.4 Å². The number of aromatic amines is 1. The van der Waals surface area contributed by atoms with Crippen molar-refractivity contribution in [3.8, 4) is 28.6 Å². The van der Waals surface area contributed by atoms with Gasteiger partial charge >= 0.3 is 0 Å². The van der Waals surface area contributed by atoms with Gasteiger partial charge in [0.1, 0.15) is 5.69 Å². The van der Waals surface area contributed by atoms with Crippen molar-refractivity contribution in [1.82, 2.24) is 25.0 Å². The Hall–Kier alpha value is -4.14. The van der Waals surface area contributed by atoms with Gasteiger partial charge in [-0.05, 0) is 50.6 Å². The summed E-state index contributed by atoms with van der Waals surface area (Å²) in [6, 6.07) is 10.7. The summed E-state index contributed by atoms with van der Waals surface area (Å²) >= 11 is 0. The maximum Gasteiger partial charge on any atom is 0.273 e. The number of benzene rings is 1. The summed E-state index contributed by atoms with van der Waals surface area (Å²) in [5.74, 6) is 1.25. The van der Waals surface area contributed by atoms with Crippen molar-refractivity contribution < 1.29 is 14.3 Å². The molecule has 32 heavy (non-hydrogen) atoms. The lowest BCUT2D eigenvalue weighted by Gasteiger charge is -2.10. The van der Waals surface area contributed by atoms with Crippen molar-refractivity contribution >= 4 is 11.6 Å². The van der Waals surface area contributed by atoms with E-state index in [1.165, 1.54) is 6.20 Å². The van der Waals surface area contributed by atoms with Gasteiger partial charge in [-0.25, -0.2) is 4.98 Å². The molecule has 0 radical (unpaired) electrons. The fourth-order valence-corrected chi connectivity index (χ4v) is 3.40. The van der Waals surface area contributed by atoms with Gasteiger partial charge in [-0.15, -0.1) is 0 Å². The van der Waals surface area contributed by atoms with Gasteiger partial charge < -0.3 is 14.8 Å². The third-order valence-corrected chi connectivity index (χ3v) is 5.12. The van der Waals surface area contributed by atoms with Gasteiger partial charge in [-0.2, -0.15) is 10.2 Å². The fraction of sp³-hybridized carbons (Fsp3) is 0.217. The molecule has 0 fully saturated rings. The van der Waals surface area contributed by atoms with Crippen LogP contribution in [0.1, 0.15) is 27.4 Å². The van der Waals surface area contributed by atoms with E-state index in [9.17, 15) is 4.79 Å². The molecule has 164 valence electrons.